The van der Waals surface area contributed by atoms with Gasteiger partial charge in [-0.25, -0.2) is 23.7 Å². The molecule has 0 N–H and O–H groups in total. The van der Waals surface area contributed by atoms with Crippen molar-refractivity contribution in [2.75, 3.05) is 18.0 Å². The lowest BCUT2D eigenvalue weighted by molar-refractivity contribution is 0.141. The van der Waals surface area contributed by atoms with Crippen molar-refractivity contribution in [1.29, 1.82) is 0 Å². The number of para-hydroxylation sites is 1. The molecule has 1 fully saturated rings. The van der Waals surface area contributed by atoms with Crippen LogP contribution in [-0.4, -0.2) is 32.6 Å². The molecule has 4 rings (SSSR count). The first-order valence-electron chi connectivity index (χ1n) is 9.33. The number of piperidine rings is 1. The number of hydrogen-bond donors (Lipinski definition) is 0. The fourth-order valence-corrected chi connectivity index (χ4v) is 3.71. The maximum atomic E-state index is 13.2. The molecule has 8 heteroatoms. The highest BCUT2D eigenvalue weighted by molar-refractivity contribution is 5.89. The minimum absolute atomic E-state index is 0.0131. The SMILES string of the molecule is Cc1cncn(CC2CCN(c3nc(C(F)F)nc4ccccc34)CC2)c1=O. The third-order valence-corrected chi connectivity index (χ3v) is 5.24. The number of hydrogen-bond acceptors (Lipinski definition) is 5. The molecule has 0 spiro atoms. The first-order chi connectivity index (χ1) is 13.5. The number of benzene rings is 1. The summed E-state index contributed by atoms with van der Waals surface area (Å²) in [5, 5.41) is 0.782. The van der Waals surface area contributed by atoms with Gasteiger partial charge in [-0.2, -0.15) is 0 Å². The van der Waals surface area contributed by atoms with E-state index in [1.165, 1.54) is 0 Å². The molecule has 0 aliphatic carbocycles. The molecule has 1 aliphatic rings. The quantitative estimate of drug-likeness (QED) is 0.689. The second kappa shape index (κ2) is 7.61. The van der Waals surface area contributed by atoms with Gasteiger partial charge in [-0.3, -0.25) is 9.36 Å². The van der Waals surface area contributed by atoms with E-state index in [4.69, 9.17) is 0 Å². The summed E-state index contributed by atoms with van der Waals surface area (Å²) in [7, 11) is 0. The van der Waals surface area contributed by atoms with E-state index >= 15 is 0 Å². The molecule has 0 atom stereocenters. The molecule has 1 saturated heterocycles. The fourth-order valence-electron chi connectivity index (χ4n) is 3.71. The third-order valence-electron chi connectivity index (χ3n) is 5.24. The number of aryl methyl sites for hydroxylation is 1. The molecule has 0 bridgehead atoms. The molecule has 3 aromatic rings. The molecule has 1 aliphatic heterocycles. The van der Waals surface area contributed by atoms with E-state index < -0.39 is 12.2 Å². The second-order valence-electron chi connectivity index (χ2n) is 7.19. The van der Waals surface area contributed by atoms with E-state index in [0.717, 1.165) is 18.2 Å². The largest absolute Gasteiger partial charge is 0.356 e. The Morgan fingerprint density at radius 1 is 1.18 bits per heavy atom. The summed E-state index contributed by atoms with van der Waals surface area (Å²) in [5.41, 5.74) is 1.15. The van der Waals surface area contributed by atoms with Gasteiger partial charge >= 0.3 is 0 Å². The summed E-state index contributed by atoms with van der Waals surface area (Å²) in [6.07, 6.45) is 2.14. The standard InChI is InChI=1S/C20H21F2N5O/c1-13-10-23-12-27(20(13)28)11-14-6-8-26(9-7-14)19-15-4-2-3-5-16(15)24-18(25-19)17(21)22/h2-5,10,12,14,17H,6-9,11H2,1H3. The van der Waals surface area contributed by atoms with Crippen molar-refractivity contribution in [2.24, 2.45) is 5.92 Å². The van der Waals surface area contributed by atoms with Gasteiger partial charge in [0.25, 0.3) is 12.0 Å². The van der Waals surface area contributed by atoms with Gasteiger partial charge in [0.05, 0.1) is 11.8 Å². The van der Waals surface area contributed by atoms with Crippen LogP contribution in [0.2, 0.25) is 0 Å². The van der Waals surface area contributed by atoms with E-state index in [1.54, 1.807) is 36.1 Å². The Balaban J connectivity index is 1.54. The molecule has 28 heavy (non-hydrogen) atoms. The maximum Gasteiger partial charge on any atom is 0.297 e. The molecular formula is C20H21F2N5O. The summed E-state index contributed by atoms with van der Waals surface area (Å²) in [5.74, 6) is 0.460. The number of aromatic nitrogens is 4. The minimum Gasteiger partial charge on any atom is -0.356 e. The third kappa shape index (κ3) is 3.58. The maximum absolute atomic E-state index is 13.2. The van der Waals surface area contributed by atoms with Gasteiger partial charge in [0.1, 0.15) is 5.82 Å². The lowest BCUT2D eigenvalue weighted by Crippen LogP contribution is -2.37. The van der Waals surface area contributed by atoms with Gasteiger partial charge < -0.3 is 4.90 Å². The van der Waals surface area contributed by atoms with E-state index in [2.05, 4.69) is 15.0 Å². The highest BCUT2D eigenvalue weighted by Crippen LogP contribution is 2.30. The summed E-state index contributed by atoms with van der Waals surface area (Å²) < 4.78 is 28.1. The van der Waals surface area contributed by atoms with Crippen molar-refractivity contribution < 1.29 is 8.78 Å². The Morgan fingerprint density at radius 3 is 2.68 bits per heavy atom. The van der Waals surface area contributed by atoms with E-state index in [-0.39, 0.29) is 5.56 Å². The highest BCUT2D eigenvalue weighted by Gasteiger charge is 2.24. The molecule has 1 aromatic carbocycles. The smallest absolute Gasteiger partial charge is 0.297 e. The number of halogens is 2. The number of alkyl halides is 2. The van der Waals surface area contributed by atoms with Crippen LogP contribution >= 0.6 is 0 Å². The summed E-state index contributed by atoms with van der Waals surface area (Å²) >= 11 is 0. The van der Waals surface area contributed by atoms with Crippen molar-refractivity contribution in [3.8, 4) is 0 Å². The van der Waals surface area contributed by atoms with Crippen molar-refractivity contribution >= 4 is 16.7 Å². The molecule has 0 unspecified atom stereocenters. The summed E-state index contributed by atoms with van der Waals surface area (Å²) in [4.78, 5) is 26.5. The molecular weight excluding hydrogens is 364 g/mol. The van der Waals surface area contributed by atoms with Gasteiger partial charge in [0, 0.05) is 36.8 Å². The predicted molar refractivity (Wildman–Crippen MR) is 103 cm³/mol. The van der Waals surface area contributed by atoms with Crippen LogP contribution in [-0.2, 0) is 6.54 Å². The normalized spacial score (nSPS) is 15.5. The lowest BCUT2D eigenvalue weighted by atomic mass is 9.96. The number of rotatable bonds is 4. The van der Waals surface area contributed by atoms with Crippen LogP contribution in [0.5, 0.6) is 0 Å². The zero-order chi connectivity index (χ0) is 19.7. The van der Waals surface area contributed by atoms with Crippen LogP contribution in [0.15, 0.2) is 41.6 Å². The monoisotopic (exact) mass is 385 g/mol. The Kier molecular flexibility index (Phi) is 5.02. The lowest BCUT2D eigenvalue weighted by Gasteiger charge is -2.33. The Morgan fingerprint density at radius 2 is 1.93 bits per heavy atom. The Hall–Kier alpha value is -2.90. The van der Waals surface area contributed by atoms with Gasteiger partial charge in [-0.1, -0.05) is 12.1 Å². The minimum atomic E-state index is -2.71. The van der Waals surface area contributed by atoms with Gasteiger partial charge in [0.2, 0.25) is 0 Å². The Bertz CT molecular complexity index is 1040. The molecule has 0 amide bonds. The summed E-state index contributed by atoms with van der Waals surface area (Å²) in [6, 6.07) is 7.25. The van der Waals surface area contributed by atoms with E-state index in [9.17, 15) is 13.6 Å². The topological polar surface area (TPSA) is 63.9 Å². The van der Waals surface area contributed by atoms with Gasteiger partial charge in [-0.05, 0) is 37.8 Å². The molecule has 6 nitrogen and oxygen atoms in total. The van der Waals surface area contributed by atoms with Crippen molar-refractivity contribution in [3.05, 3.63) is 58.5 Å². The van der Waals surface area contributed by atoms with Crippen molar-refractivity contribution in [2.45, 2.75) is 32.7 Å². The van der Waals surface area contributed by atoms with Crippen LogP contribution in [0.25, 0.3) is 10.9 Å². The first kappa shape index (κ1) is 18.5. The van der Waals surface area contributed by atoms with Crippen LogP contribution in [0.1, 0.15) is 30.7 Å². The number of nitrogens with zero attached hydrogens (tertiary/aromatic N) is 5. The molecule has 0 radical (unpaired) electrons. The molecule has 2 aromatic heterocycles. The zero-order valence-electron chi connectivity index (χ0n) is 15.6. The predicted octanol–water partition coefficient (Wildman–Crippen LogP) is 3.35. The van der Waals surface area contributed by atoms with Crippen LogP contribution in [0.4, 0.5) is 14.6 Å². The average molecular weight is 385 g/mol. The molecule has 0 saturated carbocycles. The first-order valence-corrected chi connectivity index (χ1v) is 9.33. The van der Waals surface area contributed by atoms with Gasteiger partial charge in [0.15, 0.2) is 5.82 Å². The highest BCUT2D eigenvalue weighted by atomic mass is 19.3. The zero-order valence-corrected chi connectivity index (χ0v) is 15.6. The van der Waals surface area contributed by atoms with Crippen LogP contribution in [0.3, 0.4) is 0 Å². The Labute approximate surface area is 160 Å². The fraction of sp³-hybridized carbons (Fsp3) is 0.400. The van der Waals surface area contributed by atoms with Crippen molar-refractivity contribution in [1.82, 2.24) is 19.5 Å². The van der Waals surface area contributed by atoms with Crippen LogP contribution in [0, 0.1) is 12.8 Å². The summed E-state index contributed by atoms with van der Waals surface area (Å²) in [6.45, 7) is 3.77. The molecule has 3 heterocycles. The van der Waals surface area contributed by atoms with E-state index in [1.807, 2.05) is 17.0 Å². The van der Waals surface area contributed by atoms with E-state index in [0.29, 0.717) is 42.5 Å². The molecule has 146 valence electrons. The number of fused-ring (bicyclic) bond motifs is 1. The van der Waals surface area contributed by atoms with Gasteiger partial charge in [-0.15, -0.1) is 0 Å². The second-order valence-corrected chi connectivity index (χ2v) is 7.19. The van der Waals surface area contributed by atoms with Crippen molar-refractivity contribution in [3.63, 3.8) is 0 Å². The number of anilines is 1. The van der Waals surface area contributed by atoms with Crippen LogP contribution < -0.4 is 10.5 Å². The average Bonchev–Trinajstić information content (AvgIpc) is 2.71.